The minimum Gasteiger partial charge on any atom is -0.341 e. The predicted octanol–water partition coefficient (Wildman–Crippen LogP) is 2.20. The molecule has 0 saturated carbocycles. The Bertz CT molecular complexity index is 475. The van der Waals surface area contributed by atoms with E-state index in [-0.39, 0.29) is 5.91 Å². The number of amides is 1. The normalized spacial score (nSPS) is 21.2. The van der Waals surface area contributed by atoms with Crippen molar-refractivity contribution in [2.45, 2.75) is 19.3 Å². The van der Waals surface area contributed by atoms with Crippen LogP contribution in [0.3, 0.4) is 0 Å². The van der Waals surface area contributed by atoms with Crippen molar-refractivity contribution in [1.82, 2.24) is 10.2 Å². The van der Waals surface area contributed by atoms with Crippen LogP contribution >= 0.6 is 15.9 Å². The molecule has 2 aliphatic rings. The van der Waals surface area contributed by atoms with Gasteiger partial charge in [0, 0.05) is 23.0 Å². The fourth-order valence-corrected chi connectivity index (χ4v) is 3.55. The SMILES string of the molecule is O=C(Cc1ccccc1Br)N1CC2(CCNCC2)C1. The number of hydrogen-bond acceptors (Lipinski definition) is 2. The molecule has 4 heteroatoms. The van der Waals surface area contributed by atoms with Crippen molar-refractivity contribution in [1.29, 1.82) is 0 Å². The van der Waals surface area contributed by atoms with Crippen molar-refractivity contribution in [3.63, 3.8) is 0 Å². The van der Waals surface area contributed by atoms with E-state index in [1.165, 1.54) is 12.8 Å². The third-order valence-corrected chi connectivity index (χ3v) is 5.14. The molecule has 2 aliphatic heterocycles. The molecule has 0 radical (unpaired) electrons. The van der Waals surface area contributed by atoms with Crippen LogP contribution in [0.2, 0.25) is 0 Å². The number of nitrogens with zero attached hydrogens (tertiary/aromatic N) is 1. The first kappa shape index (κ1) is 13.1. The van der Waals surface area contributed by atoms with Gasteiger partial charge in [0.1, 0.15) is 0 Å². The van der Waals surface area contributed by atoms with Gasteiger partial charge in [-0.2, -0.15) is 0 Å². The van der Waals surface area contributed by atoms with Crippen molar-refractivity contribution in [2.75, 3.05) is 26.2 Å². The zero-order chi connectivity index (χ0) is 13.3. The summed E-state index contributed by atoms with van der Waals surface area (Å²) >= 11 is 3.50. The van der Waals surface area contributed by atoms with E-state index in [4.69, 9.17) is 0 Å². The Morgan fingerprint density at radius 1 is 1.26 bits per heavy atom. The fourth-order valence-electron chi connectivity index (χ4n) is 3.13. The smallest absolute Gasteiger partial charge is 0.227 e. The van der Waals surface area contributed by atoms with E-state index >= 15 is 0 Å². The molecule has 1 N–H and O–H groups in total. The van der Waals surface area contributed by atoms with Crippen molar-refractivity contribution in [2.24, 2.45) is 5.41 Å². The van der Waals surface area contributed by atoms with Gasteiger partial charge in [-0.25, -0.2) is 0 Å². The molecule has 3 rings (SSSR count). The van der Waals surface area contributed by atoms with E-state index in [0.29, 0.717) is 11.8 Å². The first-order valence-corrected chi connectivity index (χ1v) is 7.70. The Balaban J connectivity index is 1.57. The van der Waals surface area contributed by atoms with Gasteiger partial charge in [-0.05, 0) is 37.6 Å². The number of piperidine rings is 1. The van der Waals surface area contributed by atoms with Gasteiger partial charge in [0.15, 0.2) is 0 Å². The van der Waals surface area contributed by atoms with Gasteiger partial charge >= 0.3 is 0 Å². The maximum atomic E-state index is 12.3. The quantitative estimate of drug-likeness (QED) is 0.905. The summed E-state index contributed by atoms with van der Waals surface area (Å²) in [6.07, 6.45) is 2.94. The lowest BCUT2D eigenvalue weighted by Crippen LogP contribution is -2.61. The standard InChI is InChI=1S/C15H19BrN2O/c16-13-4-2-1-3-12(13)9-14(19)18-10-15(11-18)5-7-17-8-6-15/h1-4,17H,5-11H2. The number of halogens is 1. The maximum Gasteiger partial charge on any atom is 0.227 e. The lowest BCUT2D eigenvalue weighted by molar-refractivity contribution is -0.144. The monoisotopic (exact) mass is 322 g/mol. The molecule has 0 aliphatic carbocycles. The summed E-state index contributed by atoms with van der Waals surface area (Å²) in [6, 6.07) is 7.97. The molecule has 19 heavy (non-hydrogen) atoms. The lowest BCUT2D eigenvalue weighted by atomic mass is 9.72. The highest BCUT2D eigenvalue weighted by molar-refractivity contribution is 9.10. The summed E-state index contributed by atoms with van der Waals surface area (Å²) in [4.78, 5) is 14.3. The summed E-state index contributed by atoms with van der Waals surface area (Å²) in [5.74, 6) is 0.260. The van der Waals surface area contributed by atoms with Crippen LogP contribution in [-0.4, -0.2) is 37.0 Å². The van der Waals surface area contributed by atoms with Crippen LogP contribution in [0.25, 0.3) is 0 Å². The summed E-state index contributed by atoms with van der Waals surface area (Å²) in [5, 5.41) is 3.39. The highest BCUT2D eigenvalue weighted by atomic mass is 79.9. The molecule has 1 spiro atoms. The molecule has 1 aromatic carbocycles. The fraction of sp³-hybridized carbons (Fsp3) is 0.533. The van der Waals surface area contributed by atoms with E-state index < -0.39 is 0 Å². The van der Waals surface area contributed by atoms with Crippen LogP contribution in [0.15, 0.2) is 28.7 Å². The molecule has 0 bridgehead atoms. The molecule has 3 nitrogen and oxygen atoms in total. The van der Waals surface area contributed by atoms with E-state index in [2.05, 4.69) is 21.2 Å². The van der Waals surface area contributed by atoms with Gasteiger partial charge in [-0.1, -0.05) is 34.1 Å². The van der Waals surface area contributed by atoms with E-state index in [9.17, 15) is 4.79 Å². The molecule has 1 amide bonds. The molecule has 2 heterocycles. The maximum absolute atomic E-state index is 12.3. The molecular weight excluding hydrogens is 304 g/mol. The van der Waals surface area contributed by atoms with Crippen molar-refractivity contribution in [3.05, 3.63) is 34.3 Å². The van der Waals surface area contributed by atoms with Crippen LogP contribution in [-0.2, 0) is 11.2 Å². The number of carbonyl (C=O) groups is 1. The van der Waals surface area contributed by atoms with Gasteiger partial charge in [-0.15, -0.1) is 0 Å². The zero-order valence-corrected chi connectivity index (χ0v) is 12.6. The van der Waals surface area contributed by atoms with Gasteiger partial charge in [0.2, 0.25) is 5.91 Å². The number of rotatable bonds is 2. The third kappa shape index (κ3) is 2.70. The molecule has 0 aromatic heterocycles. The Kier molecular flexibility index (Phi) is 3.63. The second-order valence-electron chi connectivity index (χ2n) is 5.77. The topological polar surface area (TPSA) is 32.3 Å². The van der Waals surface area contributed by atoms with Crippen LogP contribution < -0.4 is 5.32 Å². The molecule has 1 aromatic rings. The largest absolute Gasteiger partial charge is 0.341 e. The second-order valence-corrected chi connectivity index (χ2v) is 6.62. The molecule has 2 fully saturated rings. The van der Waals surface area contributed by atoms with Crippen LogP contribution in [0.4, 0.5) is 0 Å². The number of likely N-dealkylation sites (tertiary alicyclic amines) is 1. The van der Waals surface area contributed by atoms with Crippen LogP contribution in [0.5, 0.6) is 0 Å². The predicted molar refractivity (Wildman–Crippen MR) is 79.0 cm³/mol. The zero-order valence-electron chi connectivity index (χ0n) is 11.0. The van der Waals surface area contributed by atoms with Gasteiger partial charge in [-0.3, -0.25) is 4.79 Å². The van der Waals surface area contributed by atoms with Crippen molar-refractivity contribution in [3.8, 4) is 0 Å². The van der Waals surface area contributed by atoms with Gasteiger partial charge in [0.25, 0.3) is 0 Å². The number of hydrogen-bond donors (Lipinski definition) is 1. The molecule has 102 valence electrons. The first-order chi connectivity index (χ1) is 9.19. The number of carbonyl (C=O) groups excluding carboxylic acids is 1. The van der Waals surface area contributed by atoms with Crippen LogP contribution in [0, 0.1) is 5.41 Å². The highest BCUT2D eigenvalue weighted by Gasteiger charge is 2.45. The Hall–Kier alpha value is -0.870. The highest BCUT2D eigenvalue weighted by Crippen LogP contribution is 2.38. The first-order valence-electron chi connectivity index (χ1n) is 6.90. The minimum absolute atomic E-state index is 0.260. The summed E-state index contributed by atoms with van der Waals surface area (Å²) < 4.78 is 1.03. The van der Waals surface area contributed by atoms with Crippen molar-refractivity contribution < 1.29 is 4.79 Å². The van der Waals surface area contributed by atoms with E-state index in [1.54, 1.807) is 0 Å². The second kappa shape index (κ2) is 5.25. The average molecular weight is 323 g/mol. The Morgan fingerprint density at radius 3 is 2.63 bits per heavy atom. The molecule has 2 saturated heterocycles. The van der Waals surface area contributed by atoms with E-state index in [0.717, 1.165) is 36.2 Å². The van der Waals surface area contributed by atoms with Crippen molar-refractivity contribution >= 4 is 21.8 Å². The molecule has 0 atom stereocenters. The van der Waals surface area contributed by atoms with Gasteiger partial charge < -0.3 is 10.2 Å². The van der Waals surface area contributed by atoms with E-state index in [1.807, 2.05) is 29.2 Å². The molecular formula is C15H19BrN2O. The number of nitrogens with one attached hydrogen (secondary N) is 1. The van der Waals surface area contributed by atoms with Gasteiger partial charge in [0.05, 0.1) is 6.42 Å². The lowest BCUT2D eigenvalue weighted by Gasteiger charge is -2.52. The average Bonchev–Trinajstić information content (AvgIpc) is 2.39. The summed E-state index contributed by atoms with van der Waals surface area (Å²) in [6.45, 7) is 4.12. The molecule has 0 unspecified atom stereocenters. The van der Waals surface area contributed by atoms with Crippen LogP contribution in [0.1, 0.15) is 18.4 Å². The summed E-state index contributed by atoms with van der Waals surface area (Å²) in [5.41, 5.74) is 1.51. The summed E-state index contributed by atoms with van der Waals surface area (Å²) in [7, 11) is 0. The minimum atomic E-state index is 0.260. The Labute approximate surface area is 122 Å². The third-order valence-electron chi connectivity index (χ3n) is 4.37. The number of benzene rings is 1. The Morgan fingerprint density at radius 2 is 1.95 bits per heavy atom.